The van der Waals surface area contributed by atoms with Gasteiger partial charge in [0.1, 0.15) is 16.8 Å². The maximum atomic E-state index is 12.4. The number of thiophene rings is 1. The first-order chi connectivity index (χ1) is 15.2. The number of methoxy groups -OCH3 is 1. The molecule has 10 heteroatoms. The Kier molecular flexibility index (Phi) is 7.06. The largest absolute Gasteiger partial charge is 0.497 e. The molecule has 1 amide bonds. The number of nitriles is 1. The Labute approximate surface area is 192 Å². The lowest BCUT2D eigenvalue weighted by Gasteiger charge is -2.09. The molecule has 0 fully saturated rings. The molecule has 1 aliphatic rings. The SMILES string of the molecule is COc1cccc(Nc2nnc(SCCC(=O)Nc3sc4c(c3C#N)CCCC4)s2)c1. The number of benzene rings is 1. The highest BCUT2D eigenvalue weighted by Crippen LogP contribution is 2.37. The molecular weight excluding hydrogens is 450 g/mol. The number of nitrogens with zero attached hydrogens (tertiary/aromatic N) is 3. The van der Waals surface area contributed by atoms with Gasteiger partial charge in [0.15, 0.2) is 4.34 Å². The molecule has 3 aromatic rings. The van der Waals surface area contributed by atoms with E-state index in [4.69, 9.17) is 4.74 Å². The fraction of sp³-hybridized carbons (Fsp3) is 0.333. The smallest absolute Gasteiger partial charge is 0.225 e. The quantitative estimate of drug-likeness (QED) is 0.434. The summed E-state index contributed by atoms with van der Waals surface area (Å²) in [7, 11) is 1.63. The second-order valence-electron chi connectivity index (χ2n) is 6.90. The molecule has 0 spiro atoms. The van der Waals surface area contributed by atoms with E-state index < -0.39 is 0 Å². The third-order valence-electron chi connectivity index (χ3n) is 4.82. The second-order valence-corrected chi connectivity index (χ2v) is 10.3. The van der Waals surface area contributed by atoms with Crippen LogP contribution < -0.4 is 15.4 Å². The normalized spacial score (nSPS) is 12.6. The first kappa shape index (κ1) is 21.6. The molecule has 0 saturated heterocycles. The van der Waals surface area contributed by atoms with Crippen molar-refractivity contribution in [3.8, 4) is 11.8 Å². The van der Waals surface area contributed by atoms with Crippen molar-refractivity contribution in [2.75, 3.05) is 23.5 Å². The van der Waals surface area contributed by atoms with Gasteiger partial charge in [0.05, 0.1) is 12.7 Å². The number of anilines is 3. The van der Waals surface area contributed by atoms with E-state index >= 15 is 0 Å². The molecule has 0 aliphatic heterocycles. The number of amides is 1. The van der Waals surface area contributed by atoms with E-state index in [1.54, 1.807) is 18.4 Å². The second kappa shape index (κ2) is 10.1. The molecule has 1 aliphatic carbocycles. The number of thioether (sulfide) groups is 1. The molecule has 1 aromatic carbocycles. The summed E-state index contributed by atoms with van der Waals surface area (Å²) >= 11 is 4.48. The van der Waals surface area contributed by atoms with Crippen LogP contribution in [0.4, 0.5) is 15.8 Å². The first-order valence-corrected chi connectivity index (χ1v) is 12.5. The van der Waals surface area contributed by atoms with E-state index in [2.05, 4.69) is 26.9 Å². The monoisotopic (exact) mass is 471 g/mol. The molecule has 160 valence electrons. The summed E-state index contributed by atoms with van der Waals surface area (Å²) in [5, 5.41) is 25.4. The number of carbonyl (C=O) groups excluding carboxylic acids is 1. The van der Waals surface area contributed by atoms with Gasteiger partial charge in [-0.05, 0) is 43.4 Å². The Hall–Kier alpha value is -2.61. The van der Waals surface area contributed by atoms with Crippen molar-refractivity contribution in [1.29, 1.82) is 5.26 Å². The number of aromatic nitrogens is 2. The number of ether oxygens (including phenoxy) is 1. The maximum Gasteiger partial charge on any atom is 0.225 e. The van der Waals surface area contributed by atoms with Gasteiger partial charge in [-0.2, -0.15) is 5.26 Å². The summed E-state index contributed by atoms with van der Waals surface area (Å²) in [6, 6.07) is 9.87. The number of nitrogens with one attached hydrogen (secondary N) is 2. The molecular formula is C21H21N5O2S3. The van der Waals surface area contributed by atoms with Gasteiger partial charge < -0.3 is 15.4 Å². The van der Waals surface area contributed by atoms with Gasteiger partial charge in [0.25, 0.3) is 0 Å². The maximum absolute atomic E-state index is 12.4. The summed E-state index contributed by atoms with van der Waals surface area (Å²) in [6.45, 7) is 0. The van der Waals surface area contributed by atoms with Gasteiger partial charge in [-0.1, -0.05) is 29.2 Å². The van der Waals surface area contributed by atoms with E-state index in [-0.39, 0.29) is 5.91 Å². The molecule has 31 heavy (non-hydrogen) atoms. The van der Waals surface area contributed by atoms with Crippen LogP contribution in [-0.2, 0) is 17.6 Å². The highest BCUT2D eigenvalue weighted by atomic mass is 32.2. The van der Waals surface area contributed by atoms with Gasteiger partial charge in [0.2, 0.25) is 11.0 Å². The van der Waals surface area contributed by atoms with Gasteiger partial charge in [-0.3, -0.25) is 4.79 Å². The number of hydrogen-bond acceptors (Lipinski definition) is 9. The predicted molar refractivity (Wildman–Crippen MR) is 126 cm³/mol. The van der Waals surface area contributed by atoms with Crippen LogP contribution in [0.2, 0.25) is 0 Å². The van der Waals surface area contributed by atoms with E-state index in [9.17, 15) is 10.1 Å². The van der Waals surface area contributed by atoms with Crippen molar-refractivity contribution >= 4 is 56.2 Å². The molecule has 0 radical (unpaired) electrons. The molecule has 7 nitrogen and oxygen atoms in total. The fourth-order valence-corrected chi connectivity index (χ4v) is 6.37. The Bertz CT molecular complexity index is 1120. The van der Waals surface area contributed by atoms with Crippen molar-refractivity contribution in [2.45, 2.75) is 36.4 Å². The topological polar surface area (TPSA) is 99.9 Å². The number of rotatable bonds is 8. The summed E-state index contributed by atoms with van der Waals surface area (Å²) in [5.41, 5.74) is 2.66. The Morgan fingerprint density at radius 3 is 3.00 bits per heavy atom. The molecule has 2 N–H and O–H groups in total. The molecule has 0 unspecified atom stereocenters. The van der Waals surface area contributed by atoms with E-state index in [0.717, 1.165) is 47.0 Å². The van der Waals surface area contributed by atoms with Crippen LogP contribution in [-0.4, -0.2) is 29.0 Å². The van der Waals surface area contributed by atoms with Crippen molar-refractivity contribution in [1.82, 2.24) is 10.2 Å². The lowest BCUT2D eigenvalue weighted by atomic mass is 9.96. The summed E-state index contributed by atoms with van der Waals surface area (Å²) in [6.07, 6.45) is 4.54. The zero-order valence-electron chi connectivity index (χ0n) is 16.9. The van der Waals surface area contributed by atoms with Crippen LogP contribution >= 0.6 is 34.4 Å². The van der Waals surface area contributed by atoms with Gasteiger partial charge >= 0.3 is 0 Å². The van der Waals surface area contributed by atoms with Crippen molar-refractivity contribution in [3.05, 3.63) is 40.3 Å². The molecule has 0 saturated carbocycles. The summed E-state index contributed by atoms with van der Waals surface area (Å²) in [5.74, 6) is 1.27. The van der Waals surface area contributed by atoms with Crippen LogP contribution in [0.5, 0.6) is 5.75 Å². The number of fused-ring (bicyclic) bond motifs is 1. The Morgan fingerprint density at radius 1 is 1.29 bits per heavy atom. The average molecular weight is 472 g/mol. The number of aryl methyl sites for hydroxylation is 1. The molecule has 2 heterocycles. The van der Waals surface area contributed by atoms with Gasteiger partial charge in [-0.15, -0.1) is 21.5 Å². The molecule has 4 rings (SSSR count). The zero-order chi connectivity index (χ0) is 21.6. The lowest BCUT2D eigenvalue weighted by Crippen LogP contribution is -2.12. The minimum atomic E-state index is -0.0816. The minimum absolute atomic E-state index is 0.0816. The van der Waals surface area contributed by atoms with Crippen molar-refractivity contribution in [3.63, 3.8) is 0 Å². The van der Waals surface area contributed by atoms with Crippen LogP contribution in [0.15, 0.2) is 28.6 Å². The minimum Gasteiger partial charge on any atom is -0.497 e. The van der Waals surface area contributed by atoms with Crippen molar-refractivity contribution < 1.29 is 9.53 Å². The van der Waals surface area contributed by atoms with Gasteiger partial charge in [0, 0.05) is 28.8 Å². The predicted octanol–water partition coefficient (Wildman–Crippen LogP) is 5.22. The van der Waals surface area contributed by atoms with Crippen LogP contribution in [0, 0.1) is 11.3 Å². The third kappa shape index (κ3) is 5.36. The zero-order valence-corrected chi connectivity index (χ0v) is 19.4. The summed E-state index contributed by atoms with van der Waals surface area (Å²) in [4.78, 5) is 13.7. The third-order valence-corrected chi connectivity index (χ3v) is 8.00. The Morgan fingerprint density at radius 2 is 2.16 bits per heavy atom. The van der Waals surface area contributed by atoms with E-state index in [1.165, 1.54) is 28.0 Å². The van der Waals surface area contributed by atoms with Crippen LogP contribution in [0.3, 0.4) is 0 Å². The molecule has 0 bridgehead atoms. The fourth-order valence-electron chi connectivity index (χ4n) is 3.34. The van der Waals surface area contributed by atoms with E-state index in [1.807, 2.05) is 24.3 Å². The van der Waals surface area contributed by atoms with Crippen molar-refractivity contribution in [2.24, 2.45) is 0 Å². The molecule has 2 aromatic heterocycles. The van der Waals surface area contributed by atoms with Crippen LogP contribution in [0.1, 0.15) is 35.3 Å². The average Bonchev–Trinajstić information content (AvgIpc) is 3.37. The van der Waals surface area contributed by atoms with Gasteiger partial charge in [-0.25, -0.2) is 0 Å². The van der Waals surface area contributed by atoms with Crippen LogP contribution in [0.25, 0.3) is 0 Å². The highest BCUT2D eigenvalue weighted by molar-refractivity contribution is 8.01. The first-order valence-electron chi connectivity index (χ1n) is 9.88. The van der Waals surface area contributed by atoms with E-state index in [0.29, 0.717) is 27.9 Å². The summed E-state index contributed by atoms with van der Waals surface area (Å²) < 4.78 is 6.02. The lowest BCUT2D eigenvalue weighted by molar-refractivity contribution is -0.115. The molecule has 0 atom stereocenters. The number of hydrogen-bond donors (Lipinski definition) is 2. The standard InChI is InChI=1S/C21H21N5O2S3/c1-28-14-6-4-5-13(11-14)23-20-25-26-21(31-20)29-10-9-18(27)24-19-16(12-22)15-7-2-3-8-17(15)30-19/h4-6,11H,2-3,7-10H2,1H3,(H,23,25)(H,24,27). The number of carbonyl (C=O) groups is 1. The Balaban J connectivity index is 1.28. The highest BCUT2D eigenvalue weighted by Gasteiger charge is 2.21.